The van der Waals surface area contributed by atoms with E-state index >= 15 is 0 Å². The van der Waals surface area contributed by atoms with Crippen LogP contribution in [0.5, 0.6) is 5.75 Å². The maximum absolute atomic E-state index is 13.9. The maximum Gasteiger partial charge on any atom is 0.306 e. The third kappa shape index (κ3) is 3.02. The smallest absolute Gasteiger partial charge is 0.306 e. The molecule has 2 rings (SSSR count). The number of hydrogen-bond donors (Lipinski definition) is 1. The Bertz CT molecular complexity index is 555. The maximum atomic E-state index is 13.9. The van der Waals surface area contributed by atoms with Crippen molar-refractivity contribution in [3.63, 3.8) is 0 Å². The molecular formula is C15H15F2NO. The van der Waals surface area contributed by atoms with Crippen LogP contribution in [-0.4, -0.2) is 6.61 Å². The average Bonchev–Trinajstić information content (AvgIpc) is 2.41. The number of aryl methyl sites for hydroxylation is 1. The molecule has 0 atom stereocenters. The Balaban J connectivity index is 2.12. The molecule has 100 valence electrons. The predicted octanol–water partition coefficient (Wildman–Crippen LogP) is 3.75. The summed E-state index contributed by atoms with van der Waals surface area (Å²) in [7, 11) is 0. The molecule has 0 fully saturated rings. The Hall–Kier alpha value is -2.10. The van der Waals surface area contributed by atoms with Gasteiger partial charge in [-0.05, 0) is 18.6 Å². The van der Waals surface area contributed by atoms with Crippen molar-refractivity contribution in [3.05, 3.63) is 59.7 Å². The molecule has 0 spiro atoms. The van der Waals surface area contributed by atoms with E-state index in [4.69, 9.17) is 10.5 Å². The molecule has 0 heterocycles. The summed E-state index contributed by atoms with van der Waals surface area (Å²) >= 11 is 0. The van der Waals surface area contributed by atoms with E-state index in [1.165, 1.54) is 12.1 Å². The highest BCUT2D eigenvalue weighted by molar-refractivity contribution is 5.57. The number of nitrogen functional groups attached to an aromatic ring is 1. The van der Waals surface area contributed by atoms with Gasteiger partial charge in [-0.2, -0.15) is 8.78 Å². The lowest BCUT2D eigenvalue weighted by molar-refractivity contribution is -0.0465. The summed E-state index contributed by atoms with van der Waals surface area (Å²) in [5.41, 5.74) is 6.91. The van der Waals surface area contributed by atoms with Crippen LogP contribution < -0.4 is 10.5 Å². The second-order valence-electron chi connectivity index (χ2n) is 4.35. The van der Waals surface area contributed by atoms with Crippen LogP contribution in [0.3, 0.4) is 0 Å². The van der Waals surface area contributed by atoms with Gasteiger partial charge in [0.05, 0.1) is 5.69 Å². The summed E-state index contributed by atoms with van der Waals surface area (Å²) in [6.07, 6.45) is 0. The lowest BCUT2D eigenvalue weighted by Crippen LogP contribution is -2.23. The van der Waals surface area contributed by atoms with Crippen molar-refractivity contribution in [3.8, 4) is 5.75 Å². The van der Waals surface area contributed by atoms with Gasteiger partial charge in [0.15, 0.2) is 6.61 Å². The van der Waals surface area contributed by atoms with Crippen molar-refractivity contribution in [2.75, 3.05) is 12.3 Å². The number of rotatable bonds is 4. The summed E-state index contributed by atoms with van der Waals surface area (Å²) in [5.74, 6) is -2.76. The van der Waals surface area contributed by atoms with Gasteiger partial charge in [0.2, 0.25) is 0 Å². The normalized spacial score (nSPS) is 11.3. The van der Waals surface area contributed by atoms with Crippen molar-refractivity contribution >= 4 is 5.69 Å². The van der Waals surface area contributed by atoms with Gasteiger partial charge in [-0.15, -0.1) is 0 Å². The molecule has 2 aromatic carbocycles. The van der Waals surface area contributed by atoms with Crippen LogP contribution >= 0.6 is 0 Å². The van der Waals surface area contributed by atoms with Crippen molar-refractivity contribution in [2.45, 2.75) is 12.8 Å². The van der Waals surface area contributed by atoms with Crippen LogP contribution in [-0.2, 0) is 5.92 Å². The standard InChI is InChI=1S/C15H15F2NO/c1-11-6-5-9-13(14(11)18)19-10-15(16,17)12-7-3-2-4-8-12/h2-9H,10,18H2,1H3. The molecule has 2 aromatic rings. The van der Waals surface area contributed by atoms with Gasteiger partial charge in [0.1, 0.15) is 5.75 Å². The van der Waals surface area contributed by atoms with Gasteiger partial charge in [-0.3, -0.25) is 0 Å². The van der Waals surface area contributed by atoms with Crippen LogP contribution in [0.2, 0.25) is 0 Å². The molecule has 0 amide bonds. The second kappa shape index (κ2) is 5.26. The second-order valence-corrected chi connectivity index (χ2v) is 4.35. The highest BCUT2D eigenvalue weighted by Gasteiger charge is 2.32. The first-order chi connectivity index (χ1) is 9.00. The molecule has 0 aliphatic heterocycles. The predicted molar refractivity (Wildman–Crippen MR) is 71.4 cm³/mol. The number of nitrogens with two attached hydrogens (primary N) is 1. The van der Waals surface area contributed by atoms with Gasteiger partial charge >= 0.3 is 5.92 Å². The minimum Gasteiger partial charge on any atom is -0.485 e. The molecule has 0 radical (unpaired) electrons. The number of hydrogen-bond acceptors (Lipinski definition) is 2. The molecule has 2 nitrogen and oxygen atoms in total. The third-order valence-corrected chi connectivity index (χ3v) is 2.89. The molecule has 0 aliphatic carbocycles. The first kappa shape index (κ1) is 13.3. The molecule has 19 heavy (non-hydrogen) atoms. The molecule has 0 saturated heterocycles. The van der Waals surface area contributed by atoms with Gasteiger partial charge in [0.25, 0.3) is 0 Å². The molecular weight excluding hydrogens is 248 g/mol. The van der Waals surface area contributed by atoms with E-state index in [1.807, 2.05) is 0 Å². The van der Waals surface area contributed by atoms with Crippen molar-refractivity contribution < 1.29 is 13.5 Å². The Morgan fingerprint density at radius 3 is 2.42 bits per heavy atom. The van der Waals surface area contributed by atoms with E-state index in [-0.39, 0.29) is 11.3 Å². The van der Waals surface area contributed by atoms with Gasteiger partial charge in [-0.1, -0.05) is 42.5 Å². The third-order valence-electron chi connectivity index (χ3n) is 2.89. The van der Waals surface area contributed by atoms with E-state index in [2.05, 4.69) is 0 Å². The fourth-order valence-corrected chi connectivity index (χ4v) is 1.71. The van der Waals surface area contributed by atoms with Crippen molar-refractivity contribution in [2.24, 2.45) is 0 Å². The molecule has 0 bridgehead atoms. The molecule has 2 N–H and O–H groups in total. The van der Waals surface area contributed by atoms with E-state index in [0.29, 0.717) is 5.69 Å². The van der Waals surface area contributed by atoms with Crippen LogP contribution in [0.4, 0.5) is 14.5 Å². The average molecular weight is 263 g/mol. The number of alkyl halides is 2. The van der Waals surface area contributed by atoms with Gasteiger partial charge in [-0.25, -0.2) is 0 Å². The molecule has 0 saturated carbocycles. The first-order valence-electron chi connectivity index (χ1n) is 5.92. The Kier molecular flexibility index (Phi) is 3.69. The fraction of sp³-hybridized carbons (Fsp3) is 0.200. The lowest BCUT2D eigenvalue weighted by atomic mass is 10.1. The Labute approximate surface area is 110 Å². The number of ether oxygens (including phenoxy) is 1. The number of anilines is 1. The Morgan fingerprint density at radius 1 is 1.05 bits per heavy atom. The molecule has 0 unspecified atom stereocenters. The topological polar surface area (TPSA) is 35.2 Å². The summed E-state index contributed by atoms with van der Waals surface area (Å²) < 4.78 is 33.0. The van der Waals surface area contributed by atoms with Crippen LogP contribution in [0.15, 0.2) is 48.5 Å². The first-order valence-corrected chi connectivity index (χ1v) is 5.92. The quantitative estimate of drug-likeness (QED) is 0.853. The number of para-hydroxylation sites is 1. The largest absolute Gasteiger partial charge is 0.485 e. The van der Waals surface area contributed by atoms with E-state index in [1.54, 1.807) is 43.3 Å². The van der Waals surface area contributed by atoms with Gasteiger partial charge in [0, 0.05) is 5.56 Å². The van der Waals surface area contributed by atoms with Crippen LogP contribution in [0, 0.1) is 6.92 Å². The van der Waals surface area contributed by atoms with E-state index in [0.717, 1.165) is 5.56 Å². The summed E-state index contributed by atoms with van der Waals surface area (Å²) in [6.45, 7) is 1.07. The summed E-state index contributed by atoms with van der Waals surface area (Å²) in [6, 6.07) is 12.7. The zero-order valence-electron chi connectivity index (χ0n) is 10.6. The lowest BCUT2D eigenvalue weighted by Gasteiger charge is -2.18. The van der Waals surface area contributed by atoms with Crippen LogP contribution in [0.1, 0.15) is 11.1 Å². The molecule has 0 aromatic heterocycles. The number of benzene rings is 2. The minimum absolute atomic E-state index is 0.0683. The monoisotopic (exact) mass is 263 g/mol. The fourth-order valence-electron chi connectivity index (χ4n) is 1.71. The summed E-state index contributed by atoms with van der Waals surface area (Å²) in [5, 5.41) is 0. The Morgan fingerprint density at radius 2 is 1.74 bits per heavy atom. The van der Waals surface area contributed by atoms with Crippen molar-refractivity contribution in [1.29, 1.82) is 0 Å². The zero-order valence-corrected chi connectivity index (χ0v) is 10.6. The minimum atomic E-state index is -3.04. The van der Waals surface area contributed by atoms with Crippen LogP contribution in [0.25, 0.3) is 0 Å². The van der Waals surface area contributed by atoms with E-state index in [9.17, 15) is 8.78 Å². The van der Waals surface area contributed by atoms with Gasteiger partial charge < -0.3 is 10.5 Å². The molecule has 4 heteroatoms. The van der Waals surface area contributed by atoms with E-state index < -0.39 is 12.5 Å². The highest BCUT2D eigenvalue weighted by Crippen LogP contribution is 2.31. The number of halogens is 2. The SMILES string of the molecule is Cc1cccc(OCC(F)(F)c2ccccc2)c1N. The zero-order chi connectivity index (χ0) is 13.9. The highest BCUT2D eigenvalue weighted by atomic mass is 19.3. The molecule has 0 aliphatic rings. The van der Waals surface area contributed by atoms with Crippen molar-refractivity contribution in [1.82, 2.24) is 0 Å². The summed E-state index contributed by atoms with van der Waals surface area (Å²) in [4.78, 5) is 0.